The van der Waals surface area contributed by atoms with Crippen molar-refractivity contribution < 1.29 is 0 Å². The summed E-state index contributed by atoms with van der Waals surface area (Å²) < 4.78 is 0. The molecule has 2 aliphatic rings. The molecule has 0 radical (unpaired) electrons. The summed E-state index contributed by atoms with van der Waals surface area (Å²) in [6.45, 7) is 15.4. The molecule has 2 nitrogen and oxygen atoms in total. The Kier molecular flexibility index (Phi) is 6.53. The second-order valence-electron chi connectivity index (χ2n) is 10.4. The molecule has 2 heteroatoms. The molecular formula is C28H40N2. The van der Waals surface area contributed by atoms with Crippen molar-refractivity contribution in [3.05, 3.63) is 48.0 Å². The molecule has 162 valence electrons. The first-order valence-corrected chi connectivity index (χ1v) is 12.2. The summed E-state index contributed by atoms with van der Waals surface area (Å²) in [5, 5.41) is 2.81. The Morgan fingerprint density at radius 1 is 0.967 bits per heavy atom. The van der Waals surface area contributed by atoms with Gasteiger partial charge in [-0.05, 0) is 66.0 Å². The summed E-state index contributed by atoms with van der Waals surface area (Å²) in [6.07, 6.45) is 8.92. The van der Waals surface area contributed by atoms with Crippen molar-refractivity contribution in [2.45, 2.75) is 59.8 Å². The van der Waals surface area contributed by atoms with Crippen LogP contribution >= 0.6 is 0 Å². The van der Waals surface area contributed by atoms with Gasteiger partial charge in [0.1, 0.15) is 0 Å². The first kappa shape index (κ1) is 21.4. The number of piperazine rings is 1. The van der Waals surface area contributed by atoms with E-state index in [4.69, 9.17) is 0 Å². The van der Waals surface area contributed by atoms with Crippen LogP contribution in [0.15, 0.2) is 42.5 Å². The molecule has 0 N–H and O–H groups in total. The molecule has 1 atom stereocenters. The van der Waals surface area contributed by atoms with E-state index in [1.54, 1.807) is 5.57 Å². The van der Waals surface area contributed by atoms with Gasteiger partial charge in [-0.25, -0.2) is 0 Å². The number of nitrogens with zero attached hydrogens (tertiary/aromatic N) is 2. The minimum absolute atomic E-state index is 0.401. The quantitative estimate of drug-likeness (QED) is 0.530. The van der Waals surface area contributed by atoms with Gasteiger partial charge < -0.3 is 4.90 Å². The van der Waals surface area contributed by atoms with E-state index in [9.17, 15) is 0 Å². The molecule has 0 amide bonds. The van der Waals surface area contributed by atoms with Crippen LogP contribution < -0.4 is 4.90 Å². The van der Waals surface area contributed by atoms with Crippen LogP contribution in [-0.4, -0.2) is 37.6 Å². The molecule has 1 heterocycles. The fourth-order valence-corrected chi connectivity index (χ4v) is 5.30. The summed E-state index contributed by atoms with van der Waals surface area (Å²) in [5.41, 5.74) is 4.96. The lowest BCUT2D eigenvalue weighted by Crippen LogP contribution is -2.46. The summed E-state index contributed by atoms with van der Waals surface area (Å²) in [7, 11) is 0. The minimum atomic E-state index is 0.401. The molecule has 1 unspecified atom stereocenters. The predicted molar refractivity (Wildman–Crippen MR) is 132 cm³/mol. The normalized spacial score (nSPS) is 21.1. The number of rotatable bonds is 5. The number of benzene rings is 2. The summed E-state index contributed by atoms with van der Waals surface area (Å²) >= 11 is 0. The maximum atomic E-state index is 2.65. The minimum Gasteiger partial charge on any atom is -0.368 e. The molecule has 2 aromatic carbocycles. The fourth-order valence-electron chi connectivity index (χ4n) is 5.30. The van der Waals surface area contributed by atoms with Crippen LogP contribution in [0.1, 0.15) is 65.4 Å². The van der Waals surface area contributed by atoms with Crippen LogP contribution in [0.25, 0.3) is 16.3 Å². The van der Waals surface area contributed by atoms with Gasteiger partial charge in [0, 0.05) is 37.4 Å². The molecule has 2 aromatic rings. The Bertz CT molecular complexity index is 881. The van der Waals surface area contributed by atoms with Crippen molar-refractivity contribution in [2.75, 3.05) is 37.6 Å². The Morgan fingerprint density at radius 3 is 2.40 bits per heavy atom. The number of hydrogen-bond acceptors (Lipinski definition) is 2. The number of allylic oxidation sites excluding steroid dienone is 2. The van der Waals surface area contributed by atoms with Gasteiger partial charge in [0.2, 0.25) is 0 Å². The van der Waals surface area contributed by atoms with Crippen molar-refractivity contribution in [2.24, 2.45) is 11.3 Å². The van der Waals surface area contributed by atoms with Crippen LogP contribution in [0.5, 0.6) is 0 Å². The van der Waals surface area contributed by atoms with Crippen LogP contribution in [0, 0.1) is 11.3 Å². The average molecular weight is 405 g/mol. The average Bonchev–Trinajstić information content (AvgIpc) is 2.77. The lowest BCUT2D eigenvalue weighted by atomic mass is 9.72. The van der Waals surface area contributed by atoms with Gasteiger partial charge in [-0.2, -0.15) is 0 Å². The van der Waals surface area contributed by atoms with Gasteiger partial charge in [-0.3, -0.25) is 4.90 Å². The molecule has 0 aromatic heterocycles. The third kappa shape index (κ3) is 4.59. The topological polar surface area (TPSA) is 6.48 Å². The molecular weight excluding hydrogens is 364 g/mol. The smallest absolute Gasteiger partial charge is 0.0449 e. The zero-order chi connectivity index (χ0) is 21.1. The first-order chi connectivity index (χ1) is 14.5. The highest BCUT2D eigenvalue weighted by Gasteiger charge is 2.28. The largest absolute Gasteiger partial charge is 0.368 e. The van der Waals surface area contributed by atoms with Crippen LogP contribution in [0.3, 0.4) is 0 Å². The monoisotopic (exact) mass is 404 g/mol. The van der Waals surface area contributed by atoms with Crippen molar-refractivity contribution in [3.63, 3.8) is 0 Å². The molecule has 0 bridgehead atoms. The van der Waals surface area contributed by atoms with Crippen molar-refractivity contribution in [1.29, 1.82) is 0 Å². The summed E-state index contributed by atoms with van der Waals surface area (Å²) in [6, 6.07) is 13.7. The second-order valence-corrected chi connectivity index (χ2v) is 10.4. The second kappa shape index (κ2) is 9.14. The Morgan fingerprint density at radius 2 is 1.73 bits per heavy atom. The van der Waals surface area contributed by atoms with E-state index in [2.05, 4.69) is 80.0 Å². The lowest BCUT2D eigenvalue weighted by molar-refractivity contribution is 0.225. The maximum Gasteiger partial charge on any atom is 0.0449 e. The van der Waals surface area contributed by atoms with Gasteiger partial charge in [0.15, 0.2) is 0 Å². The van der Waals surface area contributed by atoms with Crippen molar-refractivity contribution in [3.8, 4) is 0 Å². The first-order valence-electron chi connectivity index (χ1n) is 12.2. The Hall–Kier alpha value is -1.80. The molecule has 1 aliphatic heterocycles. The molecule has 1 fully saturated rings. The highest BCUT2D eigenvalue weighted by atomic mass is 15.3. The SMILES string of the molecule is CCCCN1CCN(c2ccc3ccccc3c2C2=CCC(C(C)(C)C)CC2)CC1. The van der Waals surface area contributed by atoms with Gasteiger partial charge in [0.25, 0.3) is 0 Å². The van der Waals surface area contributed by atoms with Crippen molar-refractivity contribution in [1.82, 2.24) is 4.90 Å². The van der Waals surface area contributed by atoms with E-state index >= 15 is 0 Å². The van der Waals surface area contributed by atoms with E-state index in [0.29, 0.717) is 5.41 Å². The molecule has 0 spiro atoms. The molecule has 1 saturated heterocycles. The zero-order valence-corrected chi connectivity index (χ0v) is 19.6. The number of anilines is 1. The number of fused-ring (bicyclic) bond motifs is 1. The molecule has 0 saturated carbocycles. The highest BCUT2D eigenvalue weighted by molar-refractivity contribution is 5.99. The zero-order valence-electron chi connectivity index (χ0n) is 19.6. The highest BCUT2D eigenvalue weighted by Crippen LogP contribution is 2.43. The Balaban J connectivity index is 1.64. The van der Waals surface area contributed by atoms with Gasteiger partial charge in [-0.1, -0.05) is 70.5 Å². The van der Waals surface area contributed by atoms with E-state index in [-0.39, 0.29) is 0 Å². The van der Waals surface area contributed by atoms with E-state index in [1.165, 1.54) is 73.8 Å². The Labute approximate surface area is 184 Å². The van der Waals surface area contributed by atoms with Gasteiger partial charge >= 0.3 is 0 Å². The standard InChI is InChI=1S/C28H40N2/c1-5-6-17-29-18-20-30(21-19-29)26-16-13-22-9-7-8-10-25(22)27(26)23-11-14-24(15-12-23)28(2,3)4/h7-11,13,16,24H,5-6,12,14-15,17-21H2,1-4H3. The lowest BCUT2D eigenvalue weighted by Gasteiger charge is -2.38. The summed E-state index contributed by atoms with van der Waals surface area (Å²) in [5.74, 6) is 0.793. The number of unbranched alkanes of at least 4 members (excludes halogenated alkanes) is 1. The van der Waals surface area contributed by atoms with Crippen molar-refractivity contribution >= 4 is 22.0 Å². The third-order valence-corrected chi connectivity index (χ3v) is 7.40. The van der Waals surface area contributed by atoms with Crippen LogP contribution in [0.4, 0.5) is 5.69 Å². The third-order valence-electron chi connectivity index (χ3n) is 7.40. The fraction of sp³-hybridized carbons (Fsp3) is 0.571. The number of hydrogen-bond donors (Lipinski definition) is 0. The molecule has 1 aliphatic carbocycles. The maximum absolute atomic E-state index is 2.65. The van der Waals surface area contributed by atoms with E-state index in [1.807, 2.05) is 0 Å². The summed E-state index contributed by atoms with van der Waals surface area (Å²) in [4.78, 5) is 5.30. The molecule has 4 rings (SSSR count). The predicted octanol–water partition coefficient (Wildman–Crippen LogP) is 6.99. The molecule has 30 heavy (non-hydrogen) atoms. The van der Waals surface area contributed by atoms with E-state index < -0.39 is 0 Å². The van der Waals surface area contributed by atoms with Gasteiger partial charge in [-0.15, -0.1) is 0 Å². The van der Waals surface area contributed by atoms with Gasteiger partial charge in [0.05, 0.1) is 0 Å². The van der Waals surface area contributed by atoms with Crippen LogP contribution in [-0.2, 0) is 0 Å². The van der Waals surface area contributed by atoms with E-state index in [0.717, 1.165) is 19.0 Å². The van der Waals surface area contributed by atoms with Crippen LogP contribution in [0.2, 0.25) is 0 Å².